The second kappa shape index (κ2) is 10.4. The second-order valence-corrected chi connectivity index (χ2v) is 7.67. The third-order valence-corrected chi connectivity index (χ3v) is 5.17. The van der Waals surface area contributed by atoms with Gasteiger partial charge in [0.25, 0.3) is 5.91 Å². The number of carbonyl (C=O) groups excluding carboxylic acids is 2. The van der Waals surface area contributed by atoms with E-state index >= 15 is 0 Å². The number of nitrogens with zero attached hydrogens (tertiary/aromatic N) is 3. The molecule has 0 bridgehead atoms. The van der Waals surface area contributed by atoms with Crippen LogP contribution in [0.1, 0.15) is 16.1 Å². The van der Waals surface area contributed by atoms with Gasteiger partial charge in [0.15, 0.2) is 0 Å². The Morgan fingerprint density at radius 2 is 1.91 bits per heavy atom. The van der Waals surface area contributed by atoms with E-state index < -0.39 is 0 Å². The zero-order valence-electron chi connectivity index (χ0n) is 17.7. The molecular weight excluding hydrogens is 442 g/mol. The normalized spacial score (nSPS) is 10.5. The molecule has 4 aromatic rings. The Hall–Kier alpha value is -4.18. The van der Waals surface area contributed by atoms with E-state index in [4.69, 9.17) is 9.47 Å². The van der Waals surface area contributed by atoms with Gasteiger partial charge in [0.2, 0.25) is 5.91 Å². The zero-order chi connectivity index (χ0) is 23.0. The van der Waals surface area contributed by atoms with Crippen LogP contribution in [0, 0.1) is 0 Å². The number of hydrogen-bond acceptors (Lipinski definition) is 7. The van der Waals surface area contributed by atoms with Crippen molar-refractivity contribution in [3.8, 4) is 11.5 Å². The molecule has 2 N–H and O–H groups in total. The van der Waals surface area contributed by atoms with E-state index in [-0.39, 0.29) is 18.4 Å². The van der Waals surface area contributed by atoms with Gasteiger partial charge in [0, 0.05) is 22.8 Å². The molecule has 9 nitrogen and oxygen atoms in total. The molecule has 2 aromatic heterocycles. The topological polar surface area (TPSA) is 107 Å². The van der Waals surface area contributed by atoms with Crippen molar-refractivity contribution in [1.82, 2.24) is 14.8 Å². The fourth-order valence-electron chi connectivity index (χ4n) is 2.93. The summed E-state index contributed by atoms with van der Waals surface area (Å²) in [5.41, 5.74) is 4.14. The summed E-state index contributed by atoms with van der Waals surface area (Å²) in [6.45, 7) is 0.335. The Labute approximate surface area is 194 Å². The van der Waals surface area contributed by atoms with E-state index in [9.17, 15) is 9.59 Å². The maximum Gasteiger partial charge on any atom is 0.255 e. The van der Waals surface area contributed by atoms with E-state index in [1.54, 1.807) is 67.3 Å². The van der Waals surface area contributed by atoms with Gasteiger partial charge in [0.05, 0.1) is 30.2 Å². The van der Waals surface area contributed by atoms with Crippen LogP contribution in [-0.2, 0) is 17.9 Å². The molecule has 2 aromatic carbocycles. The average Bonchev–Trinajstić information content (AvgIpc) is 3.50. The average molecular weight is 464 g/mol. The number of methoxy groups -OCH3 is 1. The first-order valence-corrected chi connectivity index (χ1v) is 10.9. The first kappa shape index (κ1) is 22.0. The number of benzene rings is 2. The molecule has 0 aliphatic rings. The van der Waals surface area contributed by atoms with Gasteiger partial charge in [-0.3, -0.25) is 14.3 Å². The number of aromatic nitrogens is 3. The van der Waals surface area contributed by atoms with Gasteiger partial charge < -0.3 is 20.1 Å². The lowest BCUT2D eigenvalue weighted by Gasteiger charge is -2.07. The number of ether oxygens (including phenoxy) is 2. The first-order valence-electron chi connectivity index (χ1n) is 9.97. The smallest absolute Gasteiger partial charge is 0.255 e. The number of carbonyl (C=O) groups is 2. The Bertz CT molecular complexity index is 1220. The zero-order valence-corrected chi connectivity index (χ0v) is 18.5. The van der Waals surface area contributed by atoms with Crippen LogP contribution in [0.25, 0.3) is 0 Å². The third kappa shape index (κ3) is 6.17. The highest BCUT2D eigenvalue weighted by molar-refractivity contribution is 7.07. The SMILES string of the molecule is COc1ccc(NC(=O)Cn2cc(NC(=O)c3cccc(OCc4cscn4)c3)cn2)cc1. The number of anilines is 2. The van der Waals surface area contributed by atoms with E-state index in [1.807, 2.05) is 5.38 Å². The summed E-state index contributed by atoms with van der Waals surface area (Å²) >= 11 is 1.50. The maximum atomic E-state index is 12.6. The molecule has 2 heterocycles. The lowest BCUT2D eigenvalue weighted by Crippen LogP contribution is -2.19. The van der Waals surface area contributed by atoms with Crippen molar-refractivity contribution < 1.29 is 19.1 Å². The van der Waals surface area contributed by atoms with E-state index in [0.29, 0.717) is 35.0 Å². The summed E-state index contributed by atoms with van der Waals surface area (Å²) in [6, 6.07) is 13.9. The van der Waals surface area contributed by atoms with E-state index in [0.717, 1.165) is 5.69 Å². The quantitative estimate of drug-likeness (QED) is 0.391. The van der Waals surface area contributed by atoms with Crippen LogP contribution in [-0.4, -0.2) is 33.7 Å². The van der Waals surface area contributed by atoms with Gasteiger partial charge in [-0.1, -0.05) is 6.07 Å². The molecule has 0 radical (unpaired) electrons. The molecule has 0 aliphatic heterocycles. The Balaban J connectivity index is 1.30. The van der Waals surface area contributed by atoms with Crippen molar-refractivity contribution in [2.75, 3.05) is 17.7 Å². The van der Waals surface area contributed by atoms with Crippen LogP contribution >= 0.6 is 11.3 Å². The third-order valence-electron chi connectivity index (χ3n) is 4.54. The van der Waals surface area contributed by atoms with Gasteiger partial charge in [-0.15, -0.1) is 11.3 Å². The van der Waals surface area contributed by atoms with E-state index in [2.05, 4.69) is 20.7 Å². The highest BCUT2D eigenvalue weighted by Gasteiger charge is 2.11. The van der Waals surface area contributed by atoms with Crippen molar-refractivity contribution >= 4 is 34.5 Å². The molecule has 168 valence electrons. The van der Waals surface area contributed by atoms with Crippen molar-refractivity contribution in [2.45, 2.75) is 13.2 Å². The molecule has 4 rings (SSSR count). The predicted octanol–water partition coefficient (Wildman–Crippen LogP) is 3.82. The minimum atomic E-state index is -0.309. The summed E-state index contributed by atoms with van der Waals surface area (Å²) in [6.07, 6.45) is 3.08. The summed E-state index contributed by atoms with van der Waals surface area (Å²) in [4.78, 5) is 29.1. The molecule has 0 saturated heterocycles. The van der Waals surface area contributed by atoms with Crippen LogP contribution in [0.4, 0.5) is 11.4 Å². The number of rotatable bonds is 9. The highest BCUT2D eigenvalue weighted by atomic mass is 32.1. The van der Waals surface area contributed by atoms with Crippen LogP contribution in [0.15, 0.2) is 71.8 Å². The molecular formula is C23H21N5O4S. The molecule has 2 amide bonds. The maximum absolute atomic E-state index is 12.6. The van der Waals surface area contributed by atoms with Crippen molar-refractivity contribution in [3.05, 3.63) is 83.1 Å². The largest absolute Gasteiger partial charge is 0.497 e. The Morgan fingerprint density at radius 3 is 2.67 bits per heavy atom. The molecule has 0 saturated carbocycles. The molecule has 0 aliphatic carbocycles. The van der Waals surface area contributed by atoms with Crippen LogP contribution < -0.4 is 20.1 Å². The Morgan fingerprint density at radius 1 is 1.06 bits per heavy atom. The van der Waals surface area contributed by atoms with Crippen molar-refractivity contribution in [1.29, 1.82) is 0 Å². The van der Waals surface area contributed by atoms with Gasteiger partial charge in [0.1, 0.15) is 24.7 Å². The highest BCUT2D eigenvalue weighted by Crippen LogP contribution is 2.17. The molecule has 0 atom stereocenters. The number of thiazole rings is 1. The van der Waals surface area contributed by atoms with Gasteiger partial charge in [-0.05, 0) is 42.5 Å². The lowest BCUT2D eigenvalue weighted by atomic mass is 10.2. The fourth-order valence-corrected chi connectivity index (χ4v) is 3.48. The fraction of sp³-hybridized carbons (Fsp3) is 0.130. The number of amides is 2. The minimum absolute atomic E-state index is 0.00183. The van der Waals surface area contributed by atoms with E-state index in [1.165, 1.54) is 22.2 Å². The molecule has 0 fully saturated rings. The first-order chi connectivity index (χ1) is 16.1. The van der Waals surface area contributed by atoms with Crippen molar-refractivity contribution in [2.24, 2.45) is 0 Å². The van der Waals surface area contributed by atoms with Gasteiger partial charge in [-0.2, -0.15) is 5.10 Å². The van der Waals surface area contributed by atoms with Gasteiger partial charge in [-0.25, -0.2) is 4.98 Å². The lowest BCUT2D eigenvalue weighted by molar-refractivity contribution is -0.116. The summed E-state index contributed by atoms with van der Waals surface area (Å²) in [5, 5.41) is 11.6. The molecule has 0 spiro atoms. The Kier molecular flexibility index (Phi) is 6.96. The second-order valence-electron chi connectivity index (χ2n) is 6.95. The summed E-state index contributed by atoms with van der Waals surface area (Å²) < 4.78 is 12.2. The molecule has 10 heteroatoms. The predicted molar refractivity (Wildman–Crippen MR) is 125 cm³/mol. The van der Waals surface area contributed by atoms with Gasteiger partial charge >= 0.3 is 0 Å². The summed E-state index contributed by atoms with van der Waals surface area (Å²) in [5.74, 6) is 0.723. The number of nitrogens with one attached hydrogen (secondary N) is 2. The van der Waals surface area contributed by atoms with Crippen LogP contribution in [0.3, 0.4) is 0 Å². The molecule has 33 heavy (non-hydrogen) atoms. The monoisotopic (exact) mass is 463 g/mol. The number of hydrogen-bond donors (Lipinski definition) is 2. The standard InChI is InChI=1S/C23H21N5O4S/c1-31-20-7-5-17(6-8-20)26-22(29)12-28-11-18(10-25-28)27-23(30)16-3-2-4-21(9-16)32-13-19-14-33-15-24-19/h2-11,14-15H,12-13H2,1H3,(H,26,29)(H,27,30). The summed E-state index contributed by atoms with van der Waals surface area (Å²) in [7, 11) is 1.58. The van der Waals surface area contributed by atoms with Crippen molar-refractivity contribution in [3.63, 3.8) is 0 Å². The molecule has 0 unspecified atom stereocenters. The van der Waals surface area contributed by atoms with Crippen LogP contribution in [0.5, 0.6) is 11.5 Å². The minimum Gasteiger partial charge on any atom is -0.497 e. The van der Waals surface area contributed by atoms with Crippen LogP contribution in [0.2, 0.25) is 0 Å².